The molecule has 0 spiro atoms. The fourth-order valence-electron chi connectivity index (χ4n) is 0.875. The molecule has 0 radical (unpaired) electrons. The zero-order chi connectivity index (χ0) is 9.84. The molecule has 12 heavy (non-hydrogen) atoms. The van der Waals surface area contributed by atoms with E-state index in [2.05, 4.69) is 5.11 Å². The Balaban J connectivity index is 3.28. The molecule has 0 bridgehead atoms. The van der Waals surface area contributed by atoms with Gasteiger partial charge in [0.25, 0.3) is 1.43 Å². The maximum atomic E-state index is 11.0. The highest BCUT2D eigenvalue weighted by atomic mass is 16.3. The Morgan fingerprint density at radius 3 is 3.00 bits per heavy atom. The molecule has 0 aliphatic rings. The minimum atomic E-state index is -0.223. The molecule has 0 fully saturated rings. The first kappa shape index (κ1) is 6.86. The Bertz CT molecular complexity index is 382. The first-order valence-electron chi connectivity index (χ1n) is 3.78. The van der Waals surface area contributed by atoms with Gasteiger partial charge in [0.1, 0.15) is 5.75 Å². The van der Waals surface area contributed by atoms with E-state index in [1.165, 1.54) is 25.1 Å². The van der Waals surface area contributed by atoms with Crippen LogP contribution in [0.15, 0.2) is 18.2 Å². The van der Waals surface area contributed by atoms with Crippen molar-refractivity contribution in [1.29, 1.82) is 6.69 Å². The van der Waals surface area contributed by atoms with Crippen molar-refractivity contribution in [3.63, 3.8) is 0 Å². The number of carbonyl (C=O) groups excluding carboxylic acids is 1. The van der Waals surface area contributed by atoms with E-state index in [1.807, 2.05) is 6.07 Å². The number of ketones is 1. The normalized spacial score (nSPS) is 9.83. The molecule has 0 atom stereocenters. The summed E-state index contributed by atoms with van der Waals surface area (Å²) in [7, 11) is 0. The minimum absolute atomic E-state index is 0.173. The summed E-state index contributed by atoms with van der Waals surface area (Å²) in [5.41, 5.74) is 0.639. The molecule has 0 aliphatic heterocycles. The molecular weight excluding hydrogens is 154 g/mol. The van der Waals surface area contributed by atoms with E-state index in [1.54, 1.807) is 0 Å². The van der Waals surface area contributed by atoms with Crippen LogP contribution in [0.3, 0.4) is 0 Å². The summed E-state index contributed by atoms with van der Waals surface area (Å²) in [6, 6.07) is 6.24. The summed E-state index contributed by atoms with van der Waals surface area (Å²) >= 11 is 0. The van der Waals surface area contributed by atoms with E-state index in [0.717, 1.165) is 0 Å². The molecule has 60 valence electrons. The van der Waals surface area contributed by atoms with Crippen LogP contribution in [0.1, 0.15) is 22.8 Å². The van der Waals surface area contributed by atoms with E-state index < -0.39 is 0 Å². The summed E-state index contributed by atoms with van der Waals surface area (Å²) in [5.74, 6) is -0.0501. The van der Waals surface area contributed by atoms with E-state index in [9.17, 15) is 4.79 Å². The molecule has 3 nitrogen and oxygen atoms in total. The quantitative estimate of drug-likeness (QED) is 0.670. The summed E-state index contributed by atoms with van der Waals surface area (Å²) in [5, 5.41) is 12.8. The van der Waals surface area contributed by atoms with Gasteiger partial charge in [0, 0.05) is 0 Å². The Morgan fingerprint density at radius 2 is 2.50 bits per heavy atom. The van der Waals surface area contributed by atoms with Gasteiger partial charge in [-0.25, -0.2) is 0 Å². The Kier molecular flexibility index (Phi) is 1.75. The summed E-state index contributed by atoms with van der Waals surface area (Å²) in [6.45, 7) is 1.36. The summed E-state index contributed by atoms with van der Waals surface area (Å²) in [6.07, 6.45) is 0. The first-order chi connectivity index (χ1) is 6.19. The van der Waals surface area contributed by atoms with Gasteiger partial charge in [-0.15, -0.1) is 0 Å². The predicted molar refractivity (Wildman–Crippen MR) is 42.8 cm³/mol. The average molecular weight is 162 g/mol. The number of Topliss-reactive ketones (excluding diaryl/α,β-unsaturated/α-hetero) is 1. The monoisotopic (exact) mass is 162 g/mol. The van der Waals surface area contributed by atoms with E-state index in [-0.39, 0.29) is 17.1 Å². The lowest BCUT2D eigenvalue weighted by Gasteiger charge is -1.98. The van der Waals surface area contributed by atoms with Crippen LogP contribution in [-0.4, -0.2) is 12.3 Å². The summed E-state index contributed by atoms with van der Waals surface area (Å²) < 4.78 is 6.67. The molecule has 0 saturated carbocycles. The van der Waals surface area contributed by atoms with Crippen molar-refractivity contribution < 1.29 is 9.90 Å². The number of nitriles is 1. The highest BCUT2D eigenvalue weighted by Crippen LogP contribution is 2.18. The molecule has 0 heterocycles. The van der Waals surface area contributed by atoms with Crippen molar-refractivity contribution in [1.82, 2.24) is 0 Å². The highest BCUT2D eigenvalue weighted by Gasteiger charge is 2.06. The molecule has 0 aromatic heterocycles. The van der Waals surface area contributed by atoms with Gasteiger partial charge in [-0.05, 0) is 25.1 Å². The van der Waals surface area contributed by atoms with E-state index in [0.29, 0.717) is 5.56 Å². The smallest absolute Gasteiger partial charge is 0.293 e. The number of hydrogen-bond acceptors (Lipinski definition) is 3. The van der Waals surface area contributed by atoms with Gasteiger partial charge in [-0.1, -0.05) is 0 Å². The molecule has 1 N–H and O–H groups in total. The van der Waals surface area contributed by atoms with Gasteiger partial charge < -0.3 is 5.11 Å². The fraction of sp³-hybridized carbons (Fsp3) is 0.111. The van der Waals surface area contributed by atoms with Gasteiger partial charge >= 0.3 is 0 Å². The lowest BCUT2D eigenvalue weighted by molar-refractivity contribution is 0.101. The lowest BCUT2D eigenvalue weighted by Crippen LogP contribution is -1.93. The van der Waals surface area contributed by atoms with Crippen molar-refractivity contribution in [3.8, 4) is 11.8 Å². The largest absolute Gasteiger partial charge is 0.507 e. The van der Waals surface area contributed by atoms with Crippen LogP contribution in [0.25, 0.3) is 0 Å². The van der Waals surface area contributed by atoms with Crippen molar-refractivity contribution >= 4 is 5.78 Å². The van der Waals surface area contributed by atoms with Crippen molar-refractivity contribution in [2.45, 2.75) is 6.92 Å². The SMILES string of the molecule is [2H]Oc1ccc(C#N)cc1C(C)=O. The van der Waals surface area contributed by atoms with E-state index in [4.69, 9.17) is 6.69 Å². The van der Waals surface area contributed by atoms with Crippen LogP contribution in [0.5, 0.6) is 5.75 Å². The second kappa shape index (κ2) is 3.05. The van der Waals surface area contributed by atoms with Crippen LogP contribution >= 0.6 is 0 Å². The number of phenols is 1. The number of nitrogens with zero attached hydrogens (tertiary/aromatic N) is 1. The number of aromatic hydroxyl groups is 1. The average Bonchev–Trinajstić information content (AvgIpc) is 2.16. The zero-order valence-corrected chi connectivity index (χ0v) is 6.50. The van der Waals surface area contributed by atoms with Crippen molar-refractivity contribution in [2.24, 2.45) is 0 Å². The minimum Gasteiger partial charge on any atom is -0.507 e. The second-order valence-corrected chi connectivity index (χ2v) is 2.38. The second-order valence-electron chi connectivity index (χ2n) is 2.38. The molecule has 1 aromatic carbocycles. The van der Waals surface area contributed by atoms with Gasteiger partial charge in [0.15, 0.2) is 5.78 Å². The van der Waals surface area contributed by atoms with Gasteiger partial charge in [-0.2, -0.15) is 5.26 Å². The number of hydrogen-bond donors (Lipinski definition) is 1. The predicted octanol–water partition coefficient (Wildman–Crippen LogP) is 1.47. The Morgan fingerprint density at radius 1 is 1.75 bits per heavy atom. The van der Waals surface area contributed by atoms with Gasteiger partial charge in [0.05, 0.1) is 17.2 Å². The van der Waals surface area contributed by atoms with Gasteiger partial charge in [-0.3, -0.25) is 4.79 Å². The molecule has 1 rings (SSSR count). The van der Waals surface area contributed by atoms with Crippen LogP contribution in [-0.2, 0) is 0 Å². The van der Waals surface area contributed by atoms with Crippen LogP contribution in [0.4, 0.5) is 0 Å². The number of rotatable bonds is 2. The van der Waals surface area contributed by atoms with Crippen LogP contribution < -0.4 is 0 Å². The third-order valence-corrected chi connectivity index (χ3v) is 1.49. The number of phenolic OH excluding ortho intramolecular Hbond substituents is 1. The third-order valence-electron chi connectivity index (χ3n) is 1.49. The van der Waals surface area contributed by atoms with Crippen LogP contribution in [0, 0.1) is 11.3 Å². The lowest BCUT2D eigenvalue weighted by atomic mass is 10.1. The zero-order valence-electron chi connectivity index (χ0n) is 7.50. The third kappa shape index (κ3) is 1.43. The van der Waals surface area contributed by atoms with Crippen molar-refractivity contribution in [3.05, 3.63) is 29.3 Å². The molecule has 0 aliphatic carbocycles. The van der Waals surface area contributed by atoms with Crippen molar-refractivity contribution in [2.75, 3.05) is 0 Å². The summed E-state index contributed by atoms with van der Waals surface area (Å²) in [4.78, 5) is 11.0. The first-order valence-corrected chi connectivity index (χ1v) is 3.37. The standard InChI is InChI=1S/C9H7NO2/c1-6(11)8-4-7(5-10)2-3-9(8)12/h2-4,12H,1H3/i/hD. The van der Waals surface area contributed by atoms with Gasteiger partial charge in [0.2, 0.25) is 0 Å². The topological polar surface area (TPSA) is 61.1 Å². The maximum absolute atomic E-state index is 11.0. The molecule has 0 amide bonds. The number of benzene rings is 1. The molecular formula is C9H7NO2. The van der Waals surface area contributed by atoms with E-state index >= 15 is 0 Å². The maximum Gasteiger partial charge on any atom is 0.293 e. The fourth-order valence-corrected chi connectivity index (χ4v) is 0.875. The van der Waals surface area contributed by atoms with Crippen LogP contribution in [0.2, 0.25) is 0 Å². The number of carbonyl (C=O) groups is 1. The molecule has 1 aromatic rings. The highest BCUT2D eigenvalue weighted by molar-refractivity contribution is 5.97. The Labute approximate surface area is 71.4 Å². The molecule has 3 heteroatoms. The molecule has 0 saturated heterocycles. The molecule has 0 unspecified atom stereocenters. The Hall–Kier alpha value is -1.82.